The Hall–Kier alpha value is -3.74. The van der Waals surface area contributed by atoms with Crippen LogP contribution in [0.2, 0.25) is 0 Å². The summed E-state index contributed by atoms with van der Waals surface area (Å²) in [5.41, 5.74) is 3.27. The van der Waals surface area contributed by atoms with Gasteiger partial charge in [-0.15, -0.1) is 0 Å². The number of rotatable bonds is 7. The van der Waals surface area contributed by atoms with Gasteiger partial charge in [-0.1, -0.05) is 48.1 Å². The number of aryl methyl sites for hydroxylation is 1. The molecule has 7 heteroatoms. The SMILES string of the molecule is C=CC(=O)NCc1ccc(C(=O)NCc2ccc(-c3noc(C)n3)cc2)cc1. The van der Waals surface area contributed by atoms with Crippen molar-refractivity contribution in [3.05, 3.63) is 83.8 Å². The molecule has 0 unspecified atom stereocenters. The van der Waals surface area contributed by atoms with Crippen LogP contribution in [0.1, 0.15) is 27.4 Å². The lowest BCUT2D eigenvalue weighted by atomic mass is 10.1. The van der Waals surface area contributed by atoms with E-state index in [-0.39, 0.29) is 11.8 Å². The molecule has 0 bridgehead atoms. The van der Waals surface area contributed by atoms with E-state index >= 15 is 0 Å². The molecule has 2 aromatic carbocycles. The highest BCUT2D eigenvalue weighted by Gasteiger charge is 2.08. The number of carbonyl (C=O) groups excluding carboxylic acids is 2. The fourth-order valence-corrected chi connectivity index (χ4v) is 2.51. The molecular weight excluding hydrogens is 356 g/mol. The minimum absolute atomic E-state index is 0.167. The van der Waals surface area contributed by atoms with Crippen molar-refractivity contribution in [1.29, 1.82) is 0 Å². The van der Waals surface area contributed by atoms with E-state index in [1.54, 1.807) is 31.2 Å². The van der Waals surface area contributed by atoms with E-state index in [9.17, 15) is 9.59 Å². The molecule has 0 atom stereocenters. The predicted octanol–water partition coefficient (Wildman–Crippen LogP) is 2.78. The molecule has 0 fully saturated rings. The van der Waals surface area contributed by atoms with Crippen LogP contribution in [-0.4, -0.2) is 22.0 Å². The molecule has 7 nitrogen and oxygen atoms in total. The van der Waals surface area contributed by atoms with E-state index < -0.39 is 0 Å². The van der Waals surface area contributed by atoms with Gasteiger partial charge in [0.1, 0.15) is 0 Å². The molecule has 0 aliphatic heterocycles. The van der Waals surface area contributed by atoms with Crippen LogP contribution in [0, 0.1) is 6.92 Å². The predicted molar refractivity (Wildman–Crippen MR) is 104 cm³/mol. The minimum Gasteiger partial charge on any atom is -0.348 e. The molecule has 0 radical (unpaired) electrons. The number of benzene rings is 2. The summed E-state index contributed by atoms with van der Waals surface area (Å²) in [7, 11) is 0. The highest BCUT2D eigenvalue weighted by atomic mass is 16.5. The van der Waals surface area contributed by atoms with E-state index in [2.05, 4.69) is 27.4 Å². The van der Waals surface area contributed by atoms with Crippen LogP contribution in [0.3, 0.4) is 0 Å². The normalized spacial score (nSPS) is 10.3. The van der Waals surface area contributed by atoms with Crippen LogP contribution in [0.4, 0.5) is 0 Å². The van der Waals surface area contributed by atoms with E-state index in [0.29, 0.717) is 30.4 Å². The number of hydrogen-bond acceptors (Lipinski definition) is 5. The van der Waals surface area contributed by atoms with Crippen molar-refractivity contribution in [3.8, 4) is 11.4 Å². The van der Waals surface area contributed by atoms with Crippen molar-refractivity contribution in [3.63, 3.8) is 0 Å². The summed E-state index contributed by atoms with van der Waals surface area (Å²) in [6.07, 6.45) is 1.22. The number of nitrogens with one attached hydrogen (secondary N) is 2. The molecule has 0 aliphatic rings. The van der Waals surface area contributed by atoms with Crippen molar-refractivity contribution < 1.29 is 14.1 Å². The Labute approximate surface area is 162 Å². The molecule has 0 saturated heterocycles. The van der Waals surface area contributed by atoms with Gasteiger partial charge in [-0.25, -0.2) is 0 Å². The second-order valence-electron chi connectivity index (χ2n) is 6.14. The smallest absolute Gasteiger partial charge is 0.251 e. The second-order valence-corrected chi connectivity index (χ2v) is 6.14. The molecule has 1 heterocycles. The lowest BCUT2D eigenvalue weighted by Crippen LogP contribution is -2.23. The van der Waals surface area contributed by atoms with Gasteiger partial charge in [0.15, 0.2) is 0 Å². The highest BCUT2D eigenvalue weighted by molar-refractivity contribution is 5.94. The summed E-state index contributed by atoms with van der Waals surface area (Å²) >= 11 is 0. The molecule has 3 aromatic rings. The number of carbonyl (C=O) groups is 2. The summed E-state index contributed by atoms with van der Waals surface area (Å²) in [6.45, 7) is 5.93. The Kier molecular flexibility index (Phi) is 5.96. The molecule has 142 valence electrons. The Balaban J connectivity index is 1.53. The Morgan fingerprint density at radius 3 is 2.18 bits per heavy atom. The summed E-state index contributed by atoms with van der Waals surface area (Å²) in [5, 5.41) is 9.46. The Morgan fingerprint density at radius 1 is 1.00 bits per heavy atom. The first-order valence-corrected chi connectivity index (χ1v) is 8.72. The molecule has 2 amide bonds. The molecule has 1 aromatic heterocycles. The van der Waals surface area contributed by atoms with Crippen LogP contribution in [0.25, 0.3) is 11.4 Å². The zero-order valence-corrected chi connectivity index (χ0v) is 15.4. The maximum absolute atomic E-state index is 12.3. The van der Waals surface area contributed by atoms with Crippen molar-refractivity contribution in [2.45, 2.75) is 20.0 Å². The van der Waals surface area contributed by atoms with Crippen LogP contribution in [0.5, 0.6) is 0 Å². The molecule has 0 saturated carbocycles. The fourth-order valence-electron chi connectivity index (χ4n) is 2.51. The first-order valence-electron chi connectivity index (χ1n) is 8.72. The van der Waals surface area contributed by atoms with Gasteiger partial charge in [0.25, 0.3) is 5.91 Å². The summed E-state index contributed by atoms with van der Waals surface area (Å²) < 4.78 is 4.98. The van der Waals surface area contributed by atoms with E-state index in [0.717, 1.165) is 16.7 Å². The Bertz CT molecular complexity index is 976. The third-order valence-electron chi connectivity index (χ3n) is 4.06. The van der Waals surface area contributed by atoms with Crippen LogP contribution in [-0.2, 0) is 17.9 Å². The minimum atomic E-state index is -0.234. The van der Waals surface area contributed by atoms with E-state index in [1.807, 2.05) is 24.3 Å². The van der Waals surface area contributed by atoms with Gasteiger partial charge < -0.3 is 15.2 Å². The van der Waals surface area contributed by atoms with Crippen LogP contribution < -0.4 is 10.6 Å². The van der Waals surface area contributed by atoms with E-state index in [4.69, 9.17) is 4.52 Å². The number of hydrogen-bond donors (Lipinski definition) is 2. The fraction of sp³-hybridized carbons (Fsp3) is 0.143. The average molecular weight is 376 g/mol. The number of nitrogens with zero attached hydrogens (tertiary/aromatic N) is 2. The van der Waals surface area contributed by atoms with Gasteiger partial charge in [0, 0.05) is 31.1 Å². The molecule has 28 heavy (non-hydrogen) atoms. The second kappa shape index (κ2) is 8.77. The molecule has 2 N–H and O–H groups in total. The highest BCUT2D eigenvalue weighted by Crippen LogP contribution is 2.16. The van der Waals surface area contributed by atoms with Crippen LogP contribution in [0.15, 0.2) is 65.7 Å². The summed E-state index contributed by atoms with van der Waals surface area (Å²) in [5.74, 6) is 0.653. The van der Waals surface area contributed by atoms with Crippen molar-refractivity contribution in [2.24, 2.45) is 0 Å². The van der Waals surface area contributed by atoms with Crippen molar-refractivity contribution in [2.75, 3.05) is 0 Å². The van der Waals surface area contributed by atoms with Crippen LogP contribution >= 0.6 is 0 Å². The topological polar surface area (TPSA) is 97.1 Å². The third kappa shape index (κ3) is 4.91. The van der Waals surface area contributed by atoms with Gasteiger partial charge in [0.2, 0.25) is 17.6 Å². The standard InChI is InChI=1S/C21H20N4O3/c1-3-19(26)22-12-15-6-10-18(11-7-15)21(27)23-13-16-4-8-17(9-5-16)20-24-14(2)28-25-20/h3-11H,1,12-13H2,2H3,(H,22,26)(H,23,27). The van der Waals surface area contributed by atoms with Crippen molar-refractivity contribution >= 4 is 11.8 Å². The lowest BCUT2D eigenvalue weighted by molar-refractivity contribution is -0.116. The van der Waals surface area contributed by atoms with Gasteiger partial charge in [-0.3, -0.25) is 9.59 Å². The molecule has 3 rings (SSSR count). The first kappa shape index (κ1) is 19.0. The summed E-state index contributed by atoms with van der Waals surface area (Å²) in [6, 6.07) is 14.7. The first-order chi connectivity index (χ1) is 13.5. The molecule has 0 aliphatic carbocycles. The maximum atomic E-state index is 12.3. The van der Waals surface area contributed by atoms with Gasteiger partial charge in [-0.05, 0) is 29.3 Å². The van der Waals surface area contributed by atoms with Gasteiger partial charge in [-0.2, -0.15) is 4.98 Å². The zero-order chi connectivity index (χ0) is 19.9. The quantitative estimate of drug-likeness (QED) is 0.618. The van der Waals surface area contributed by atoms with Crippen molar-refractivity contribution in [1.82, 2.24) is 20.8 Å². The monoisotopic (exact) mass is 376 g/mol. The molecule has 0 spiro atoms. The lowest BCUT2D eigenvalue weighted by Gasteiger charge is -2.07. The molecular formula is C21H20N4O3. The van der Waals surface area contributed by atoms with Gasteiger partial charge in [0.05, 0.1) is 0 Å². The maximum Gasteiger partial charge on any atom is 0.251 e. The Morgan fingerprint density at radius 2 is 1.61 bits per heavy atom. The van der Waals surface area contributed by atoms with E-state index in [1.165, 1.54) is 6.08 Å². The number of amides is 2. The third-order valence-corrected chi connectivity index (χ3v) is 4.06. The average Bonchev–Trinajstić information content (AvgIpc) is 3.17. The zero-order valence-electron chi connectivity index (χ0n) is 15.4. The van der Waals surface area contributed by atoms with Gasteiger partial charge >= 0.3 is 0 Å². The summed E-state index contributed by atoms with van der Waals surface area (Å²) in [4.78, 5) is 27.7. The largest absolute Gasteiger partial charge is 0.348 e. The number of aromatic nitrogens is 2.